The van der Waals surface area contributed by atoms with Gasteiger partial charge >= 0.3 is 0 Å². The fourth-order valence-electron chi connectivity index (χ4n) is 2.14. The number of nitrogens with one attached hydrogen (secondary N) is 2. The lowest BCUT2D eigenvalue weighted by Crippen LogP contribution is -2.40. The third kappa shape index (κ3) is 6.32. The van der Waals surface area contributed by atoms with Crippen LogP contribution >= 0.6 is 24.0 Å². The maximum Gasteiger partial charge on any atom is 0.191 e. The molecule has 2 N–H and O–H groups in total. The fourth-order valence-corrected chi connectivity index (χ4v) is 2.14. The van der Waals surface area contributed by atoms with E-state index in [2.05, 4.69) is 34.7 Å². The number of benzene rings is 1. The number of ether oxygens (including phenoxy) is 1. The molecule has 1 aromatic carbocycles. The van der Waals surface area contributed by atoms with E-state index in [1.807, 2.05) is 32.0 Å². The van der Waals surface area contributed by atoms with Gasteiger partial charge in [-0.25, -0.2) is 0 Å². The maximum atomic E-state index is 5.82. The van der Waals surface area contributed by atoms with E-state index in [1.165, 1.54) is 0 Å². The Labute approximate surface area is 161 Å². The van der Waals surface area contributed by atoms with Crippen molar-refractivity contribution in [3.8, 4) is 0 Å². The summed E-state index contributed by atoms with van der Waals surface area (Å²) in [5, 5.41) is 7.72. The molecule has 0 atom stereocenters. The first-order valence-corrected chi connectivity index (χ1v) is 8.09. The zero-order valence-electron chi connectivity index (χ0n) is 14.9. The van der Waals surface area contributed by atoms with Crippen molar-refractivity contribution in [2.24, 2.45) is 4.99 Å². The maximum absolute atomic E-state index is 5.82. The van der Waals surface area contributed by atoms with E-state index >= 15 is 0 Å². The molecule has 134 valence electrons. The van der Waals surface area contributed by atoms with Crippen LogP contribution < -0.4 is 10.6 Å². The summed E-state index contributed by atoms with van der Waals surface area (Å²) in [4.78, 5) is 4.57. The van der Waals surface area contributed by atoms with E-state index in [-0.39, 0.29) is 29.6 Å². The van der Waals surface area contributed by atoms with Crippen LogP contribution in [0.1, 0.15) is 26.5 Å². The Hall–Kier alpha value is -1.28. The van der Waals surface area contributed by atoms with Gasteiger partial charge in [0.25, 0.3) is 0 Å². The minimum atomic E-state index is -0.263. The molecule has 0 aliphatic rings. The molecule has 2 rings (SSSR count). The number of fused-ring (bicyclic) bond motifs is 1. The van der Waals surface area contributed by atoms with Crippen LogP contribution in [0.2, 0.25) is 0 Å². The Balaban J connectivity index is 0.00000288. The Morgan fingerprint density at radius 2 is 2.00 bits per heavy atom. The van der Waals surface area contributed by atoms with Gasteiger partial charge in [-0.3, -0.25) is 4.99 Å². The molecule has 0 radical (unpaired) electrons. The quantitative estimate of drug-likeness (QED) is 0.389. The zero-order valence-corrected chi connectivity index (χ0v) is 17.2. The molecular weight excluding hydrogens is 417 g/mol. The summed E-state index contributed by atoms with van der Waals surface area (Å²) in [7, 11) is 1.71. The van der Waals surface area contributed by atoms with Gasteiger partial charge in [-0.2, -0.15) is 0 Å². The molecule has 0 saturated heterocycles. The van der Waals surface area contributed by atoms with Crippen molar-refractivity contribution >= 4 is 40.9 Å². The van der Waals surface area contributed by atoms with E-state index in [0.29, 0.717) is 6.54 Å². The lowest BCUT2D eigenvalue weighted by molar-refractivity contribution is 0.0310. The van der Waals surface area contributed by atoms with Gasteiger partial charge in [0.1, 0.15) is 11.3 Å². The summed E-state index contributed by atoms with van der Waals surface area (Å²) in [6, 6.07) is 10.2. The van der Waals surface area contributed by atoms with Crippen molar-refractivity contribution in [1.29, 1.82) is 0 Å². The molecule has 6 heteroatoms. The standard InChI is InChI=1S/C18H27N3O2.HI/c1-5-19-17(21-13-18(2,3)22-4)20-11-10-15-12-14-8-6-7-9-16(14)23-15;/h6-9,12H,5,10-11,13H2,1-4H3,(H2,19,20,21);1H. The normalized spacial score (nSPS) is 12.1. The molecule has 2 aromatic rings. The Morgan fingerprint density at radius 1 is 1.25 bits per heavy atom. The highest BCUT2D eigenvalue weighted by molar-refractivity contribution is 14.0. The summed E-state index contributed by atoms with van der Waals surface area (Å²) in [6.45, 7) is 8.28. The molecule has 0 amide bonds. The summed E-state index contributed by atoms with van der Waals surface area (Å²) in [6.07, 6.45) is 0.812. The topological polar surface area (TPSA) is 58.8 Å². The average molecular weight is 445 g/mol. The summed E-state index contributed by atoms with van der Waals surface area (Å²) in [5.41, 5.74) is 0.672. The first-order valence-electron chi connectivity index (χ1n) is 8.09. The van der Waals surface area contributed by atoms with Crippen molar-refractivity contribution in [2.75, 3.05) is 26.7 Å². The summed E-state index contributed by atoms with van der Waals surface area (Å²) in [5.74, 6) is 1.78. The highest BCUT2D eigenvalue weighted by Crippen LogP contribution is 2.18. The SMILES string of the molecule is CCNC(=NCC(C)(C)OC)NCCc1cc2ccccc2o1.I. The van der Waals surface area contributed by atoms with Gasteiger partial charge in [-0.1, -0.05) is 18.2 Å². The van der Waals surface area contributed by atoms with Crippen LogP contribution in [-0.2, 0) is 11.2 Å². The molecule has 24 heavy (non-hydrogen) atoms. The molecule has 0 aliphatic heterocycles. The average Bonchev–Trinajstić information content (AvgIpc) is 2.95. The van der Waals surface area contributed by atoms with Gasteiger partial charge in [0.05, 0.1) is 12.1 Å². The van der Waals surface area contributed by atoms with Gasteiger partial charge in [0.15, 0.2) is 5.96 Å². The molecule has 0 spiro atoms. The largest absolute Gasteiger partial charge is 0.461 e. The van der Waals surface area contributed by atoms with E-state index in [1.54, 1.807) is 7.11 Å². The van der Waals surface area contributed by atoms with Crippen LogP contribution in [0, 0.1) is 0 Å². The number of rotatable bonds is 7. The number of hydrogen-bond donors (Lipinski definition) is 2. The number of halogens is 1. The van der Waals surface area contributed by atoms with Crippen LogP contribution in [-0.4, -0.2) is 38.3 Å². The number of furan rings is 1. The predicted molar refractivity (Wildman–Crippen MR) is 110 cm³/mol. The van der Waals surface area contributed by atoms with E-state index < -0.39 is 0 Å². The smallest absolute Gasteiger partial charge is 0.191 e. The van der Waals surface area contributed by atoms with Gasteiger partial charge in [0.2, 0.25) is 0 Å². The lowest BCUT2D eigenvalue weighted by atomic mass is 10.1. The van der Waals surface area contributed by atoms with Gasteiger partial charge in [-0.15, -0.1) is 24.0 Å². The highest BCUT2D eigenvalue weighted by Gasteiger charge is 2.15. The Bertz CT molecular complexity index is 620. The molecule has 0 fully saturated rings. The first kappa shape index (κ1) is 20.8. The second-order valence-electron chi connectivity index (χ2n) is 6.09. The van der Waals surface area contributed by atoms with Crippen LogP contribution in [0.25, 0.3) is 11.0 Å². The van der Waals surface area contributed by atoms with Crippen molar-refractivity contribution in [3.05, 3.63) is 36.1 Å². The first-order chi connectivity index (χ1) is 11.0. The van der Waals surface area contributed by atoms with Crippen molar-refractivity contribution < 1.29 is 9.15 Å². The number of nitrogens with zero attached hydrogens (tertiary/aromatic N) is 1. The fraction of sp³-hybridized carbons (Fsp3) is 0.500. The van der Waals surface area contributed by atoms with Crippen molar-refractivity contribution in [1.82, 2.24) is 10.6 Å². The molecule has 0 aliphatic carbocycles. The predicted octanol–water partition coefficient (Wildman–Crippen LogP) is 3.57. The van der Waals surface area contributed by atoms with Crippen molar-refractivity contribution in [3.63, 3.8) is 0 Å². The van der Waals surface area contributed by atoms with E-state index in [4.69, 9.17) is 9.15 Å². The molecule has 1 heterocycles. The lowest BCUT2D eigenvalue weighted by Gasteiger charge is -2.21. The van der Waals surface area contributed by atoms with Crippen LogP contribution in [0.15, 0.2) is 39.7 Å². The van der Waals surface area contributed by atoms with Gasteiger partial charge in [-0.05, 0) is 32.9 Å². The minimum absolute atomic E-state index is 0. The summed E-state index contributed by atoms with van der Waals surface area (Å²) >= 11 is 0. The Morgan fingerprint density at radius 3 is 2.67 bits per heavy atom. The van der Waals surface area contributed by atoms with Crippen molar-refractivity contribution in [2.45, 2.75) is 32.8 Å². The summed E-state index contributed by atoms with van der Waals surface area (Å²) < 4.78 is 11.2. The minimum Gasteiger partial charge on any atom is -0.461 e. The van der Waals surface area contributed by atoms with E-state index in [0.717, 1.165) is 42.2 Å². The van der Waals surface area contributed by atoms with Crippen LogP contribution in [0.4, 0.5) is 0 Å². The number of methoxy groups -OCH3 is 1. The van der Waals surface area contributed by atoms with Gasteiger partial charge < -0.3 is 19.8 Å². The van der Waals surface area contributed by atoms with Gasteiger partial charge in [0, 0.05) is 32.0 Å². The second-order valence-corrected chi connectivity index (χ2v) is 6.09. The molecule has 0 unspecified atom stereocenters. The third-order valence-electron chi connectivity index (χ3n) is 3.66. The third-order valence-corrected chi connectivity index (χ3v) is 3.66. The number of guanidine groups is 1. The highest BCUT2D eigenvalue weighted by atomic mass is 127. The van der Waals surface area contributed by atoms with Crippen LogP contribution in [0.3, 0.4) is 0 Å². The number of hydrogen-bond acceptors (Lipinski definition) is 3. The monoisotopic (exact) mass is 445 g/mol. The molecule has 1 aromatic heterocycles. The molecular formula is C18H28IN3O2. The number of para-hydroxylation sites is 1. The Kier molecular flexibility index (Phi) is 8.55. The zero-order chi connectivity index (χ0) is 16.7. The second kappa shape index (κ2) is 9.88. The van der Waals surface area contributed by atoms with E-state index in [9.17, 15) is 0 Å². The number of aliphatic imine (C=N–C) groups is 1. The molecule has 5 nitrogen and oxygen atoms in total. The molecule has 0 bridgehead atoms. The van der Waals surface area contributed by atoms with Crippen LogP contribution in [0.5, 0.6) is 0 Å². The molecule has 0 saturated carbocycles.